The third-order valence-electron chi connectivity index (χ3n) is 1.27. The van der Waals surface area contributed by atoms with Crippen LogP contribution in [0.25, 0.3) is 0 Å². The van der Waals surface area contributed by atoms with Gasteiger partial charge in [-0.2, -0.15) is 0 Å². The van der Waals surface area contributed by atoms with Crippen LogP contribution in [-0.2, 0) is 0 Å². The monoisotopic (exact) mass is 232 g/mol. The molecule has 0 bridgehead atoms. The number of hydrogen-bond donors (Lipinski definition) is 6. The van der Waals surface area contributed by atoms with Gasteiger partial charge in [-0.1, -0.05) is 0 Å². The summed E-state index contributed by atoms with van der Waals surface area (Å²) in [4.78, 5) is 38.4. The molecule has 0 spiro atoms. The minimum atomic E-state index is -3.37. The van der Waals surface area contributed by atoms with Crippen LogP contribution < -0.4 is 32.1 Å². The molecule has 0 aromatic rings. The molecule has 9 nitrogen and oxygen atoms in total. The van der Waals surface area contributed by atoms with Crippen LogP contribution in [0.3, 0.4) is 0 Å². The highest BCUT2D eigenvalue weighted by molar-refractivity contribution is 6.83. The van der Waals surface area contributed by atoms with Crippen LogP contribution in [-0.4, -0.2) is 26.7 Å². The normalized spacial score (nSPS) is 9.87. The van der Waals surface area contributed by atoms with Gasteiger partial charge in [-0.3, -0.25) is 0 Å². The molecule has 0 heterocycles. The molecular formula is C5H12N6O3Si. The number of hydrogen-bond acceptors (Lipinski definition) is 3. The molecule has 6 amide bonds. The van der Waals surface area contributed by atoms with Crippen molar-refractivity contribution in [3.63, 3.8) is 0 Å². The Bertz CT molecular complexity index is 264. The number of nitrogens with two attached hydrogens (primary N) is 3. The zero-order valence-electron chi connectivity index (χ0n) is 7.74. The average Bonchev–Trinajstić information content (AvgIpc) is 1.99. The predicted molar refractivity (Wildman–Crippen MR) is 54.1 cm³/mol. The standard InChI is InChI=1S/C5H12N6O3Si/c1-2-15(9-3(6)12,10-4(7)13)11-5(8)14/h2H,1H2,(H3,6,9,12)(H3,7,10,13)(H3,8,11,14). The van der Waals surface area contributed by atoms with Crippen LogP contribution in [0.1, 0.15) is 0 Å². The van der Waals surface area contributed by atoms with Gasteiger partial charge in [0.15, 0.2) is 0 Å². The zero-order valence-corrected chi connectivity index (χ0v) is 8.74. The van der Waals surface area contributed by atoms with E-state index in [0.29, 0.717) is 0 Å². The van der Waals surface area contributed by atoms with Crippen molar-refractivity contribution in [2.75, 3.05) is 0 Å². The maximum absolute atomic E-state index is 10.7. The Morgan fingerprint density at radius 2 is 1.20 bits per heavy atom. The summed E-state index contributed by atoms with van der Waals surface area (Å²) in [7, 11) is -3.37. The van der Waals surface area contributed by atoms with Crippen LogP contribution >= 0.6 is 0 Å². The number of rotatable bonds is 4. The van der Waals surface area contributed by atoms with Gasteiger partial charge in [0, 0.05) is 0 Å². The highest BCUT2D eigenvalue weighted by Crippen LogP contribution is 1.89. The largest absolute Gasteiger partial charge is 0.409 e. The molecule has 0 aromatic heterocycles. The highest BCUT2D eigenvalue weighted by atomic mass is 28.4. The lowest BCUT2D eigenvalue weighted by atomic mass is 11.2. The lowest BCUT2D eigenvalue weighted by Gasteiger charge is -2.26. The summed E-state index contributed by atoms with van der Waals surface area (Å²) >= 11 is 0. The molecule has 0 aliphatic heterocycles. The maximum Gasteiger partial charge on any atom is 0.409 e. The van der Waals surface area contributed by atoms with Crippen molar-refractivity contribution in [2.45, 2.75) is 0 Å². The summed E-state index contributed by atoms with van der Waals surface area (Å²) in [5.41, 5.74) is 15.7. The van der Waals surface area contributed by atoms with E-state index in [1.165, 1.54) is 0 Å². The smallest absolute Gasteiger partial charge is 0.352 e. The summed E-state index contributed by atoms with van der Waals surface area (Å²) in [6, 6.07) is -2.86. The van der Waals surface area contributed by atoms with Crippen LogP contribution in [0.4, 0.5) is 14.4 Å². The first-order valence-electron chi connectivity index (χ1n) is 3.68. The number of carbonyl (C=O) groups is 3. The molecule has 0 aliphatic carbocycles. The van der Waals surface area contributed by atoms with Crippen LogP contribution in [0.5, 0.6) is 0 Å². The van der Waals surface area contributed by atoms with Gasteiger partial charge in [0.25, 0.3) is 0 Å². The first-order valence-corrected chi connectivity index (χ1v) is 5.75. The number of carbonyl (C=O) groups excluding carboxylic acids is 3. The fraction of sp³-hybridized carbons (Fsp3) is 0. The second-order valence-electron chi connectivity index (χ2n) is 2.48. The number of nitrogens with one attached hydrogen (secondary N) is 3. The summed E-state index contributed by atoms with van der Waals surface area (Å²) in [6.45, 7) is 3.34. The Balaban J connectivity index is 4.90. The van der Waals surface area contributed by atoms with E-state index in [2.05, 4.69) is 21.5 Å². The van der Waals surface area contributed by atoms with Crippen molar-refractivity contribution >= 4 is 26.7 Å². The van der Waals surface area contributed by atoms with Gasteiger partial charge in [0.2, 0.25) is 0 Å². The van der Waals surface area contributed by atoms with E-state index in [-0.39, 0.29) is 0 Å². The summed E-state index contributed by atoms with van der Waals surface area (Å²) in [6.07, 6.45) is 0. The molecule has 0 saturated heterocycles. The molecule has 84 valence electrons. The predicted octanol–water partition coefficient (Wildman–Crippen LogP) is -2.34. The second-order valence-corrected chi connectivity index (χ2v) is 5.25. The van der Waals surface area contributed by atoms with E-state index in [9.17, 15) is 14.4 Å². The van der Waals surface area contributed by atoms with Crippen LogP contribution in [0.2, 0.25) is 0 Å². The summed E-state index contributed by atoms with van der Waals surface area (Å²) in [5.74, 6) is 0. The van der Waals surface area contributed by atoms with Crippen molar-refractivity contribution < 1.29 is 14.4 Å². The fourth-order valence-electron chi connectivity index (χ4n) is 0.830. The summed E-state index contributed by atoms with van der Waals surface area (Å²) in [5, 5.41) is 0. The second kappa shape index (κ2) is 4.85. The number of amides is 6. The Morgan fingerprint density at radius 3 is 1.33 bits per heavy atom. The lowest BCUT2D eigenvalue weighted by Crippen LogP contribution is -2.76. The SMILES string of the molecule is C=C[Si](NC(N)=O)(NC(N)=O)NC(N)=O. The first kappa shape index (κ1) is 12.8. The molecule has 15 heavy (non-hydrogen) atoms. The molecule has 0 saturated carbocycles. The van der Waals surface area contributed by atoms with E-state index in [4.69, 9.17) is 17.2 Å². The van der Waals surface area contributed by atoms with Crippen molar-refractivity contribution in [1.29, 1.82) is 0 Å². The van der Waals surface area contributed by atoms with Crippen LogP contribution in [0.15, 0.2) is 12.3 Å². The van der Waals surface area contributed by atoms with Gasteiger partial charge < -0.3 is 32.1 Å². The van der Waals surface area contributed by atoms with E-state index < -0.39 is 26.7 Å². The minimum absolute atomic E-state index is 0.955. The van der Waals surface area contributed by atoms with Crippen molar-refractivity contribution in [1.82, 2.24) is 14.9 Å². The molecule has 10 heteroatoms. The van der Waals surface area contributed by atoms with Gasteiger partial charge in [-0.05, 0) is 5.70 Å². The van der Waals surface area contributed by atoms with E-state index >= 15 is 0 Å². The highest BCUT2D eigenvalue weighted by Gasteiger charge is 2.36. The van der Waals surface area contributed by atoms with Gasteiger partial charge in [-0.15, -0.1) is 6.58 Å². The van der Waals surface area contributed by atoms with Gasteiger partial charge in [-0.25, -0.2) is 14.4 Å². The average molecular weight is 232 g/mol. The van der Waals surface area contributed by atoms with Crippen molar-refractivity contribution in [2.24, 2.45) is 17.2 Å². The Kier molecular flexibility index (Phi) is 4.13. The number of primary amides is 3. The van der Waals surface area contributed by atoms with Crippen molar-refractivity contribution in [3.8, 4) is 0 Å². The Hall–Kier alpha value is -2.23. The topological polar surface area (TPSA) is 165 Å². The van der Waals surface area contributed by atoms with Gasteiger partial charge in [0.1, 0.15) is 0 Å². The van der Waals surface area contributed by atoms with Gasteiger partial charge >= 0.3 is 26.7 Å². The molecule has 0 aromatic carbocycles. The quantitative estimate of drug-likeness (QED) is 0.299. The zero-order chi connectivity index (χ0) is 12.1. The number of urea groups is 3. The minimum Gasteiger partial charge on any atom is -0.352 e. The molecule has 0 rings (SSSR count). The maximum atomic E-state index is 10.7. The van der Waals surface area contributed by atoms with E-state index in [1.54, 1.807) is 0 Å². The van der Waals surface area contributed by atoms with E-state index in [1.807, 2.05) is 0 Å². The van der Waals surface area contributed by atoms with E-state index in [0.717, 1.165) is 5.70 Å². The molecule has 0 fully saturated rings. The lowest BCUT2D eigenvalue weighted by molar-refractivity contribution is 0.249. The molecular weight excluding hydrogens is 220 g/mol. The van der Waals surface area contributed by atoms with Crippen molar-refractivity contribution in [3.05, 3.63) is 12.3 Å². The third kappa shape index (κ3) is 4.52. The third-order valence-corrected chi connectivity index (χ3v) is 3.80. The molecule has 9 N–H and O–H groups in total. The van der Waals surface area contributed by atoms with Gasteiger partial charge in [0.05, 0.1) is 0 Å². The first-order chi connectivity index (χ1) is 6.81. The molecule has 0 aliphatic rings. The Morgan fingerprint density at radius 1 is 0.933 bits per heavy atom. The molecule has 0 radical (unpaired) electrons. The molecule has 0 unspecified atom stereocenters. The Labute approximate surface area is 86.3 Å². The molecule has 0 atom stereocenters. The summed E-state index contributed by atoms with van der Waals surface area (Å²) < 4.78 is 0. The fourth-order valence-corrected chi connectivity index (χ4v) is 2.49. The van der Waals surface area contributed by atoms with Crippen LogP contribution in [0, 0.1) is 0 Å².